The number of fused-ring (bicyclic) bond motifs is 1. The predicted octanol–water partition coefficient (Wildman–Crippen LogP) is 4.19. The summed E-state index contributed by atoms with van der Waals surface area (Å²) in [4.78, 5) is 17.3. The van der Waals surface area contributed by atoms with Crippen molar-refractivity contribution in [1.82, 2.24) is 14.8 Å². The summed E-state index contributed by atoms with van der Waals surface area (Å²) < 4.78 is 7.44. The molecule has 1 aliphatic carbocycles. The number of carbonyl (C=O) groups excluding carboxylic acids is 1. The number of ketones is 1. The van der Waals surface area contributed by atoms with Gasteiger partial charge in [0, 0.05) is 23.4 Å². The molecule has 2 aromatic heterocycles. The van der Waals surface area contributed by atoms with Gasteiger partial charge in [-0.3, -0.25) is 4.79 Å². The van der Waals surface area contributed by atoms with Crippen LogP contribution in [0.4, 0.5) is 5.95 Å². The third-order valence-corrected chi connectivity index (χ3v) is 5.78. The molecule has 1 atom stereocenters. The summed E-state index contributed by atoms with van der Waals surface area (Å²) in [6.07, 6.45) is 3.90. The molecular weight excluding hydrogens is 360 g/mol. The summed E-state index contributed by atoms with van der Waals surface area (Å²) in [6.45, 7) is 0. The van der Waals surface area contributed by atoms with Gasteiger partial charge in [-0.2, -0.15) is 4.98 Å². The van der Waals surface area contributed by atoms with E-state index in [1.54, 1.807) is 22.7 Å². The Bertz CT molecular complexity index is 1010. The van der Waals surface area contributed by atoms with Gasteiger partial charge in [-0.1, -0.05) is 42.1 Å². The minimum Gasteiger partial charge on any atom is -0.467 e. The molecule has 7 heteroatoms. The molecular formula is C20H18N4O2S. The number of rotatable bonds is 4. The second-order valence-electron chi connectivity index (χ2n) is 6.65. The van der Waals surface area contributed by atoms with Gasteiger partial charge in [-0.05, 0) is 30.5 Å². The number of furan rings is 1. The van der Waals surface area contributed by atoms with Crippen LogP contribution >= 0.6 is 11.8 Å². The van der Waals surface area contributed by atoms with Crippen molar-refractivity contribution in [2.75, 3.05) is 5.32 Å². The van der Waals surface area contributed by atoms with Gasteiger partial charge >= 0.3 is 0 Å². The lowest BCUT2D eigenvalue weighted by Gasteiger charge is -2.30. The van der Waals surface area contributed by atoms with E-state index in [1.807, 2.05) is 30.3 Å². The predicted molar refractivity (Wildman–Crippen MR) is 102 cm³/mol. The van der Waals surface area contributed by atoms with Crippen LogP contribution in [0.3, 0.4) is 0 Å². The van der Waals surface area contributed by atoms with Crippen LogP contribution in [0.15, 0.2) is 69.6 Å². The lowest BCUT2D eigenvalue weighted by Crippen LogP contribution is -2.31. The van der Waals surface area contributed by atoms with Gasteiger partial charge in [0.25, 0.3) is 0 Å². The molecule has 2 aliphatic rings. The van der Waals surface area contributed by atoms with E-state index in [4.69, 9.17) is 4.42 Å². The van der Waals surface area contributed by atoms with Crippen molar-refractivity contribution < 1.29 is 9.21 Å². The molecule has 6 nitrogen and oxygen atoms in total. The second-order valence-corrected chi connectivity index (χ2v) is 7.59. The molecule has 1 aliphatic heterocycles. The van der Waals surface area contributed by atoms with E-state index in [1.165, 1.54) is 5.56 Å². The highest BCUT2D eigenvalue weighted by atomic mass is 32.2. The van der Waals surface area contributed by atoms with Gasteiger partial charge < -0.3 is 9.73 Å². The van der Waals surface area contributed by atoms with Gasteiger partial charge in [0.05, 0.1) is 6.26 Å². The third kappa shape index (κ3) is 2.98. The molecule has 0 saturated heterocycles. The molecule has 0 amide bonds. The number of carbonyl (C=O) groups is 1. The maximum absolute atomic E-state index is 12.7. The zero-order chi connectivity index (χ0) is 18.2. The van der Waals surface area contributed by atoms with Crippen LogP contribution in [0.1, 0.15) is 36.6 Å². The van der Waals surface area contributed by atoms with Crippen molar-refractivity contribution in [1.29, 1.82) is 0 Å². The Balaban J connectivity index is 1.50. The summed E-state index contributed by atoms with van der Waals surface area (Å²) in [5.74, 6) is 2.33. The minimum atomic E-state index is -0.349. The highest BCUT2D eigenvalue weighted by Crippen LogP contribution is 2.40. The number of nitrogens with zero attached hydrogens (tertiary/aromatic N) is 3. The Morgan fingerprint density at radius 3 is 2.89 bits per heavy atom. The highest BCUT2D eigenvalue weighted by Gasteiger charge is 2.38. The highest BCUT2D eigenvalue weighted by molar-refractivity contribution is 7.98. The molecule has 0 radical (unpaired) electrons. The first-order chi connectivity index (χ1) is 13.3. The van der Waals surface area contributed by atoms with Gasteiger partial charge in [0.1, 0.15) is 11.8 Å². The maximum atomic E-state index is 12.7. The Morgan fingerprint density at radius 1 is 1.19 bits per heavy atom. The van der Waals surface area contributed by atoms with Crippen LogP contribution in [0, 0.1) is 0 Å². The van der Waals surface area contributed by atoms with Crippen LogP contribution in [-0.2, 0) is 10.5 Å². The van der Waals surface area contributed by atoms with Gasteiger partial charge in [-0.25, -0.2) is 4.68 Å². The monoisotopic (exact) mass is 378 g/mol. The number of thioether (sulfide) groups is 1. The van der Waals surface area contributed by atoms with Crippen LogP contribution in [0.2, 0.25) is 0 Å². The fourth-order valence-electron chi connectivity index (χ4n) is 3.63. The van der Waals surface area contributed by atoms with E-state index in [0.717, 1.165) is 29.9 Å². The maximum Gasteiger partial charge on any atom is 0.227 e. The smallest absolute Gasteiger partial charge is 0.227 e. The number of hydrogen-bond donors (Lipinski definition) is 1. The molecule has 1 unspecified atom stereocenters. The molecule has 1 aromatic carbocycles. The van der Waals surface area contributed by atoms with Crippen LogP contribution in [0.5, 0.6) is 0 Å². The van der Waals surface area contributed by atoms with E-state index < -0.39 is 0 Å². The van der Waals surface area contributed by atoms with E-state index in [-0.39, 0.29) is 11.8 Å². The van der Waals surface area contributed by atoms with E-state index >= 15 is 0 Å². The zero-order valence-electron chi connectivity index (χ0n) is 14.6. The first-order valence-electron chi connectivity index (χ1n) is 8.99. The molecule has 3 heterocycles. The normalized spacial score (nSPS) is 18.8. The fourth-order valence-corrected chi connectivity index (χ4v) is 4.41. The molecule has 0 spiro atoms. The first kappa shape index (κ1) is 16.4. The number of hydrogen-bond acceptors (Lipinski definition) is 6. The van der Waals surface area contributed by atoms with E-state index in [0.29, 0.717) is 23.3 Å². The van der Waals surface area contributed by atoms with Crippen molar-refractivity contribution >= 4 is 23.5 Å². The van der Waals surface area contributed by atoms with Crippen molar-refractivity contribution in [3.63, 3.8) is 0 Å². The molecule has 5 rings (SSSR count). The third-order valence-electron chi connectivity index (χ3n) is 4.87. The number of nitrogens with one attached hydrogen (secondary N) is 1. The summed E-state index contributed by atoms with van der Waals surface area (Å²) in [5, 5.41) is 8.71. The minimum absolute atomic E-state index is 0.157. The van der Waals surface area contributed by atoms with Crippen LogP contribution in [-0.4, -0.2) is 20.5 Å². The molecule has 27 heavy (non-hydrogen) atoms. The molecule has 1 N–H and O–H groups in total. The van der Waals surface area contributed by atoms with Crippen molar-refractivity contribution in [2.24, 2.45) is 0 Å². The largest absolute Gasteiger partial charge is 0.467 e. The molecule has 0 saturated carbocycles. The quantitative estimate of drug-likeness (QED) is 0.687. The van der Waals surface area contributed by atoms with Gasteiger partial charge in [0.15, 0.2) is 5.78 Å². The summed E-state index contributed by atoms with van der Waals surface area (Å²) in [6, 6.07) is 13.6. The summed E-state index contributed by atoms with van der Waals surface area (Å²) >= 11 is 1.58. The van der Waals surface area contributed by atoms with Crippen LogP contribution < -0.4 is 5.32 Å². The molecule has 0 fully saturated rings. The van der Waals surface area contributed by atoms with Crippen molar-refractivity contribution in [3.05, 3.63) is 71.3 Å². The number of anilines is 1. The van der Waals surface area contributed by atoms with Gasteiger partial charge in [0.2, 0.25) is 11.1 Å². The number of aromatic nitrogens is 3. The Labute approximate surface area is 160 Å². The number of allylic oxidation sites excluding steroid dienone is 2. The molecule has 3 aromatic rings. The number of Topliss-reactive ketones (excluding diaryl/α,β-unsaturated/α-hetero) is 1. The number of benzene rings is 1. The lowest BCUT2D eigenvalue weighted by atomic mass is 9.88. The zero-order valence-corrected chi connectivity index (χ0v) is 15.4. The lowest BCUT2D eigenvalue weighted by molar-refractivity contribution is -0.116. The van der Waals surface area contributed by atoms with E-state index in [9.17, 15) is 4.79 Å². The Hall–Kier alpha value is -2.80. The second kappa shape index (κ2) is 6.74. The van der Waals surface area contributed by atoms with Crippen LogP contribution in [0.25, 0.3) is 0 Å². The topological polar surface area (TPSA) is 73.0 Å². The standard InChI is InChI=1S/C20H18N4O2S/c25-15-9-4-8-14-17(15)18(16-10-5-11-26-16)24-19(21-14)22-20(23-24)27-12-13-6-2-1-3-7-13/h1-3,5-7,10-11,18H,4,8-9,12H2,(H,21,22,23). The average Bonchev–Trinajstić information content (AvgIpc) is 3.35. The van der Waals surface area contributed by atoms with Gasteiger partial charge in [-0.15, -0.1) is 5.10 Å². The Kier molecular flexibility index (Phi) is 4.09. The fraction of sp³-hybridized carbons (Fsp3) is 0.250. The molecule has 0 bridgehead atoms. The Morgan fingerprint density at radius 2 is 2.07 bits per heavy atom. The SMILES string of the molecule is O=C1CCCC2=C1C(c1ccco1)n1nc(SCc3ccccc3)nc1N2. The first-order valence-corrected chi connectivity index (χ1v) is 9.98. The van der Waals surface area contributed by atoms with Crippen molar-refractivity contribution in [2.45, 2.75) is 36.2 Å². The average molecular weight is 378 g/mol. The summed E-state index contributed by atoms with van der Waals surface area (Å²) in [5.41, 5.74) is 2.93. The van der Waals surface area contributed by atoms with E-state index in [2.05, 4.69) is 27.5 Å². The van der Waals surface area contributed by atoms with Crippen molar-refractivity contribution in [3.8, 4) is 0 Å². The summed E-state index contributed by atoms with van der Waals surface area (Å²) in [7, 11) is 0. The molecule has 136 valence electrons.